The number of benzene rings is 2. The predicted molar refractivity (Wildman–Crippen MR) is 112 cm³/mol. The van der Waals surface area contributed by atoms with Crippen LogP contribution in [0.2, 0.25) is 0 Å². The maximum absolute atomic E-state index is 12.6. The number of methoxy groups -OCH3 is 2. The quantitative estimate of drug-likeness (QED) is 0.645. The van der Waals surface area contributed by atoms with E-state index in [9.17, 15) is 9.59 Å². The van der Waals surface area contributed by atoms with Gasteiger partial charge in [0.2, 0.25) is 0 Å². The summed E-state index contributed by atoms with van der Waals surface area (Å²) in [4.78, 5) is 26.5. The van der Waals surface area contributed by atoms with E-state index in [-0.39, 0.29) is 24.6 Å². The molecule has 1 aliphatic rings. The second-order valence-electron chi connectivity index (χ2n) is 6.61. The minimum Gasteiger partial charge on any atom is -0.491 e. The molecule has 7 heteroatoms. The first kappa shape index (κ1) is 21.4. The van der Waals surface area contributed by atoms with Crippen molar-refractivity contribution in [3.63, 3.8) is 0 Å². The third-order valence-corrected chi connectivity index (χ3v) is 4.65. The molecule has 0 radical (unpaired) electrons. The first-order valence-electron chi connectivity index (χ1n) is 9.68. The van der Waals surface area contributed by atoms with E-state index < -0.39 is 11.9 Å². The van der Waals surface area contributed by atoms with Crippen LogP contribution in [0.15, 0.2) is 59.8 Å². The molecule has 0 saturated carbocycles. The Balaban J connectivity index is 2.16. The van der Waals surface area contributed by atoms with E-state index in [0.29, 0.717) is 18.0 Å². The van der Waals surface area contributed by atoms with Gasteiger partial charge in [0.05, 0.1) is 38.7 Å². The number of rotatable bonds is 7. The molecule has 30 heavy (non-hydrogen) atoms. The van der Waals surface area contributed by atoms with Crippen LogP contribution in [0.3, 0.4) is 0 Å². The molecule has 0 N–H and O–H groups in total. The summed E-state index contributed by atoms with van der Waals surface area (Å²) in [7, 11) is 2.53. The zero-order chi connectivity index (χ0) is 21.5. The maximum Gasteiger partial charge on any atom is 0.355 e. The fourth-order valence-corrected chi connectivity index (χ4v) is 3.21. The Kier molecular flexibility index (Phi) is 7.08. The average molecular weight is 411 g/mol. The number of ether oxygens (including phenoxy) is 4. The van der Waals surface area contributed by atoms with Crippen molar-refractivity contribution < 1.29 is 28.5 Å². The van der Waals surface area contributed by atoms with Gasteiger partial charge in [-0.15, -0.1) is 0 Å². The molecule has 0 bridgehead atoms. The second kappa shape index (κ2) is 9.93. The van der Waals surface area contributed by atoms with Gasteiger partial charge in [-0.1, -0.05) is 43.3 Å². The summed E-state index contributed by atoms with van der Waals surface area (Å²) in [5.41, 5.74) is 2.73. The molecule has 2 aromatic carbocycles. The largest absolute Gasteiger partial charge is 0.491 e. The van der Waals surface area contributed by atoms with Gasteiger partial charge in [-0.2, -0.15) is 0 Å². The molecule has 0 amide bonds. The van der Waals surface area contributed by atoms with Crippen LogP contribution >= 0.6 is 0 Å². The lowest BCUT2D eigenvalue weighted by Gasteiger charge is -2.32. The van der Waals surface area contributed by atoms with Crippen LogP contribution in [0.4, 0.5) is 5.69 Å². The number of anilines is 1. The molecule has 158 valence electrons. The van der Waals surface area contributed by atoms with Crippen LogP contribution in [0.25, 0.3) is 11.1 Å². The smallest absolute Gasteiger partial charge is 0.355 e. The van der Waals surface area contributed by atoms with Crippen molar-refractivity contribution in [2.75, 3.05) is 39.1 Å². The van der Waals surface area contributed by atoms with Crippen molar-refractivity contribution in [3.8, 4) is 16.9 Å². The SMILES string of the molecule is CCCOc1ccc(-c2ccccc2)cc1N1COCC(C(=O)OC)=C1C(=O)OC. The standard InChI is InChI=1S/C23H25NO6/c1-4-12-30-20-11-10-17(16-8-6-5-7-9-16)13-19(20)24-15-29-14-18(22(25)27-2)21(24)23(26)28-3/h5-11,13H,4,12,14-15H2,1-3H3. The zero-order valence-electron chi connectivity index (χ0n) is 17.3. The van der Waals surface area contributed by atoms with E-state index in [1.54, 1.807) is 4.90 Å². The van der Waals surface area contributed by atoms with Gasteiger partial charge in [-0.3, -0.25) is 0 Å². The van der Waals surface area contributed by atoms with Crippen molar-refractivity contribution in [2.45, 2.75) is 13.3 Å². The van der Waals surface area contributed by atoms with E-state index in [4.69, 9.17) is 18.9 Å². The molecule has 0 atom stereocenters. The summed E-state index contributed by atoms with van der Waals surface area (Å²) >= 11 is 0. The van der Waals surface area contributed by atoms with Gasteiger partial charge in [-0.05, 0) is 29.7 Å². The number of carbonyl (C=O) groups excluding carboxylic acids is 2. The molecule has 0 spiro atoms. The lowest BCUT2D eigenvalue weighted by molar-refractivity contribution is -0.140. The molecular weight excluding hydrogens is 386 g/mol. The summed E-state index contributed by atoms with van der Waals surface area (Å²) in [6, 6.07) is 15.6. The topological polar surface area (TPSA) is 74.3 Å². The van der Waals surface area contributed by atoms with Gasteiger partial charge in [0.1, 0.15) is 18.2 Å². The second-order valence-corrected chi connectivity index (χ2v) is 6.61. The number of esters is 2. The Bertz CT molecular complexity index is 938. The van der Waals surface area contributed by atoms with Crippen molar-refractivity contribution >= 4 is 17.6 Å². The first-order chi connectivity index (χ1) is 14.6. The van der Waals surface area contributed by atoms with E-state index in [2.05, 4.69) is 0 Å². The van der Waals surface area contributed by atoms with Gasteiger partial charge in [-0.25, -0.2) is 9.59 Å². The summed E-state index contributed by atoms with van der Waals surface area (Å²) in [5, 5.41) is 0. The average Bonchev–Trinajstić information content (AvgIpc) is 2.81. The molecule has 0 unspecified atom stereocenters. The van der Waals surface area contributed by atoms with Crippen LogP contribution < -0.4 is 9.64 Å². The Hall–Kier alpha value is -3.32. The van der Waals surface area contributed by atoms with E-state index in [0.717, 1.165) is 17.5 Å². The van der Waals surface area contributed by atoms with E-state index >= 15 is 0 Å². The molecule has 7 nitrogen and oxygen atoms in total. The zero-order valence-corrected chi connectivity index (χ0v) is 17.3. The molecule has 0 aliphatic carbocycles. The van der Waals surface area contributed by atoms with E-state index in [1.165, 1.54) is 14.2 Å². The Morgan fingerprint density at radius 2 is 1.73 bits per heavy atom. The number of carbonyl (C=O) groups is 2. The Morgan fingerprint density at radius 1 is 1.00 bits per heavy atom. The monoisotopic (exact) mass is 411 g/mol. The first-order valence-corrected chi connectivity index (χ1v) is 9.68. The van der Waals surface area contributed by atoms with Crippen molar-refractivity contribution in [2.24, 2.45) is 0 Å². The van der Waals surface area contributed by atoms with Gasteiger partial charge in [0.25, 0.3) is 0 Å². The van der Waals surface area contributed by atoms with Gasteiger partial charge in [0, 0.05) is 0 Å². The molecule has 1 aliphatic heterocycles. The van der Waals surface area contributed by atoms with Crippen LogP contribution in [-0.4, -0.2) is 46.1 Å². The van der Waals surface area contributed by atoms with Crippen LogP contribution in [-0.2, 0) is 23.8 Å². The molecule has 0 fully saturated rings. The fourth-order valence-electron chi connectivity index (χ4n) is 3.21. The summed E-state index contributed by atoms with van der Waals surface area (Å²) in [6.07, 6.45) is 0.823. The molecule has 3 rings (SSSR count). The molecule has 0 aromatic heterocycles. The highest BCUT2D eigenvalue weighted by Gasteiger charge is 2.33. The van der Waals surface area contributed by atoms with Crippen LogP contribution in [0, 0.1) is 0 Å². The minimum atomic E-state index is -0.648. The highest BCUT2D eigenvalue weighted by molar-refractivity contribution is 6.03. The van der Waals surface area contributed by atoms with E-state index in [1.807, 2.05) is 55.5 Å². The van der Waals surface area contributed by atoms with Crippen molar-refractivity contribution in [1.29, 1.82) is 0 Å². The summed E-state index contributed by atoms with van der Waals surface area (Å²) in [5.74, 6) is -0.715. The molecule has 1 heterocycles. The Morgan fingerprint density at radius 3 is 2.40 bits per heavy atom. The normalized spacial score (nSPS) is 13.8. The van der Waals surface area contributed by atoms with Gasteiger partial charge < -0.3 is 23.8 Å². The molecule has 0 saturated heterocycles. The lowest BCUT2D eigenvalue weighted by atomic mass is 10.0. The van der Waals surface area contributed by atoms with Gasteiger partial charge >= 0.3 is 11.9 Å². The predicted octanol–water partition coefficient (Wildman–Crippen LogP) is 3.54. The minimum absolute atomic E-state index is 0.0445. The highest BCUT2D eigenvalue weighted by atomic mass is 16.5. The third-order valence-electron chi connectivity index (χ3n) is 4.65. The Labute approximate surface area is 175 Å². The van der Waals surface area contributed by atoms with Gasteiger partial charge in [0.15, 0.2) is 0 Å². The summed E-state index contributed by atoms with van der Waals surface area (Å²) in [6.45, 7) is 2.54. The van der Waals surface area contributed by atoms with Crippen molar-refractivity contribution in [1.82, 2.24) is 0 Å². The van der Waals surface area contributed by atoms with Crippen LogP contribution in [0.5, 0.6) is 5.75 Å². The molecule has 2 aromatic rings. The fraction of sp³-hybridized carbons (Fsp3) is 0.304. The highest BCUT2D eigenvalue weighted by Crippen LogP contribution is 2.37. The maximum atomic E-state index is 12.6. The number of hydrogen-bond donors (Lipinski definition) is 0. The number of nitrogens with zero attached hydrogens (tertiary/aromatic N) is 1. The third kappa shape index (κ3) is 4.46. The van der Waals surface area contributed by atoms with Crippen molar-refractivity contribution in [3.05, 3.63) is 59.8 Å². The molecular formula is C23H25NO6. The van der Waals surface area contributed by atoms with Crippen LogP contribution in [0.1, 0.15) is 13.3 Å². The lowest BCUT2D eigenvalue weighted by Crippen LogP contribution is -2.39. The summed E-state index contributed by atoms with van der Waals surface area (Å²) < 4.78 is 21.3. The number of hydrogen-bond acceptors (Lipinski definition) is 7.